The van der Waals surface area contributed by atoms with Crippen molar-refractivity contribution in [1.82, 2.24) is 15.6 Å². The summed E-state index contributed by atoms with van der Waals surface area (Å²) in [6, 6.07) is 7.09. The maximum atomic E-state index is 14.1. The van der Waals surface area contributed by atoms with Gasteiger partial charge in [-0.1, -0.05) is 18.2 Å². The minimum absolute atomic E-state index is 0.0890. The number of aromatic nitrogens is 1. The lowest BCUT2D eigenvalue weighted by Gasteiger charge is -2.19. The number of hydrogen-bond donors (Lipinski definition) is 2. The van der Waals surface area contributed by atoms with Crippen molar-refractivity contribution in [1.29, 1.82) is 0 Å². The highest BCUT2D eigenvalue weighted by molar-refractivity contribution is 7.11. The van der Waals surface area contributed by atoms with Crippen molar-refractivity contribution in [2.75, 3.05) is 20.1 Å². The fourth-order valence-corrected chi connectivity index (χ4v) is 4.09. The summed E-state index contributed by atoms with van der Waals surface area (Å²) in [5, 5.41) is 7.82. The lowest BCUT2D eigenvalue weighted by Crippen LogP contribution is -2.42. The van der Waals surface area contributed by atoms with E-state index in [1.807, 2.05) is 19.1 Å². The number of thiazole rings is 1. The van der Waals surface area contributed by atoms with Crippen LogP contribution in [0.2, 0.25) is 0 Å². The third kappa shape index (κ3) is 4.18. The van der Waals surface area contributed by atoms with Crippen LogP contribution < -0.4 is 10.6 Å². The van der Waals surface area contributed by atoms with Gasteiger partial charge in [0.2, 0.25) is 0 Å². The molecule has 25 heavy (non-hydrogen) atoms. The summed E-state index contributed by atoms with van der Waals surface area (Å²) < 4.78 is 14.1. The number of nitrogens with zero attached hydrogens (tertiary/aromatic N) is 2. The second kappa shape index (κ2) is 7.52. The molecule has 1 aromatic heterocycles. The molecule has 0 unspecified atom stereocenters. The van der Waals surface area contributed by atoms with Crippen molar-refractivity contribution in [2.45, 2.75) is 38.5 Å². The molecule has 1 fully saturated rings. The van der Waals surface area contributed by atoms with Gasteiger partial charge < -0.3 is 10.6 Å². The van der Waals surface area contributed by atoms with Crippen molar-refractivity contribution < 1.29 is 4.39 Å². The van der Waals surface area contributed by atoms with Gasteiger partial charge in [0.1, 0.15) is 5.82 Å². The van der Waals surface area contributed by atoms with E-state index >= 15 is 0 Å². The van der Waals surface area contributed by atoms with Gasteiger partial charge in [-0.15, -0.1) is 11.3 Å². The number of hydrogen-bond acceptors (Lipinski definition) is 3. The average molecular weight is 361 g/mol. The summed E-state index contributed by atoms with van der Waals surface area (Å²) >= 11 is 1.75. The number of aliphatic imine (C=N–C) groups is 1. The van der Waals surface area contributed by atoms with E-state index in [0.29, 0.717) is 6.54 Å². The molecule has 1 heterocycles. The van der Waals surface area contributed by atoms with Crippen LogP contribution in [0.1, 0.15) is 34.0 Å². The second-order valence-electron chi connectivity index (χ2n) is 6.60. The molecule has 0 aliphatic heterocycles. The Morgan fingerprint density at radius 3 is 2.64 bits per heavy atom. The first-order valence-electron chi connectivity index (χ1n) is 8.66. The summed E-state index contributed by atoms with van der Waals surface area (Å²) in [6.07, 6.45) is 2.95. The molecule has 2 aromatic rings. The summed E-state index contributed by atoms with van der Waals surface area (Å²) in [5.41, 5.74) is 1.84. The third-order valence-electron chi connectivity index (χ3n) is 4.76. The molecule has 1 aliphatic carbocycles. The first-order valence-corrected chi connectivity index (χ1v) is 9.48. The lowest BCUT2D eigenvalue weighted by atomic mass is 9.95. The SMILES string of the molecule is CN=C(NCCc1sc(C)nc1C)NCC1(c2ccccc2F)CC1. The molecule has 3 rings (SSSR count). The zero-order valence-electron chi connectivity index (χ0n) is 15.0. The largest absolute Gasteiger partial charge is 0.356 e. The van der Waals surface area contributed by atoms with Crippen molar-refractivity contribution in [3.05, 3.63) is 51.2 Å². The Hall–Kier alpha value is -1.95. The number of benzene rings is 1. The molecule has 2 N–H and O–H groups in total. The molecule has 0 amide bonds. The lowest BCUT2D eigenvalue weighted by molar-refractivity contribution is 0.560. The number of halogens is 1. The van der Waals surface area contributed by atoms with Crippen LogP contribution in [-0.2, 0) is 11.8 Å². The molecule has 1 aromatic carbocycles. The van der Waals surface area contributed by atoms with Crippen molar-refractivity contribution in [2.24, 2.45) is 4.99 Å². The highest BCUT2D eigenvalue weighted by atomic mass is 32.1. The normalized spacial score (nSPS) is 15.9. The van der Waals surface area contributed by atoms with Gasteiger partial charge in [0.15, 0.2) is 5.96 Å². The molecular weight excluding hydrogens is 335 g/mol. The Morgan fingerprint density at radius 1 is 1.28 bits per heavy atom. The third-order valence-corrected chi connectivity index (χ3v) is 5.89. The standard InChI is InChI=1S/C19H25FN4S/c1-13-17(25-14(2)24-13)8-11-22-18(21-3)23-12-19(9-10-19)15-6-4-5-7-16(15)20/h4-7H,8-12H2,1-3H3,(H2,21,22,23). The van der Waals surface area contributed by atoms with Crippen LogP contribution in [0, 0.1) is 19.7 Å². The summed E-state index contributed by atoms with van der Waals surface area (Å²) in [4.78, 5) is 10.0. The molecule has 134 valence electrons. The smallest absolute Gasteiger partial charge is 0.191 e. The molecule has 1 aliphatic rings. The Kier molecular flexibility index (Phi) is 5.37. The van der Waals surface area contributed by atoms with E-state index in [-0.39, 0.29) is 11.2 Å². The fourth-order valence-electron chi connectivity index (χ4n) is 3.16. The van der Waals surface area contributed by atoms with Gasteiger partial charge in [-0.3, -0.25) is 4.99 Å². The Morgan fingerprint density at radius 2 is 2.04 bits per heavy atom. The first-order chi connectivity index (χ1) is 12.0. The molecule has 4 nitrogen and oxygen atoms in total. The molecular formula is C19H25FN4S. The summed E-state index contributed by atoms with van der Waals surface area (Å²) in [5.74, 6) is 0.655. The molecule has 1 saturated carbocycles. The zero-order chi connectivity index (χ0) is 17.9. The monoisotopic (exact) mass is 360 g/mol. The molecule has 0 radical (unpaired) electrons. The predicted molar refractivity (Wildman–Crippen MR) is 102 cm³/mol. The highest BCUT2D eigenvalue weighted by Gasteiger charge is 2.45. The van der Waals surface area contributed by atoms with Crippen LogP contribution in [0.25, 0.3) is 0 Å². The van der Waals surface area contributed by atoms with Gasteiger partial charge in [-0.25, -0.2) is 9.37 Å². The van der Waals surface area contributed by atoms with Gasteiger partial charge in [0.25, 0.3) is 0 Å². The van der Waals surface area contributed by atoms with Gasteiger partial charge in [0, 0.05) is 36.9 Å². The summed E-state index contributed by atoms with van der Waals surface area (Å²) in [7, 11) is 1.76. The summed E-state index contributed by atoms with van der Waals surface area (Å²) in [6.45, 7) is 5.59. The quantitative estimate of drug-likeness (QED) is 0.614. The van der Waals surface area contributed by atoms with E-state index in [1.165, 1.54) is 4.88 Å². The number of guanidine groups is 1. The second-order valence-corrected chi connectivity index (χ2v) is 7.89. The van der Waals surface area contributed by atoms with Gasteiger partial charge in [-0.05, 0) is 38.3 Å². The van der Waals surface area contributed by atoms with Crippen molar-refractivity contribution in [3.8, 4) is 0 Å². The zero-order valence-corrected chi connectivity index (χ0v) is 15.8. The van der Waals surface area contributed by atoms with Crippen LogP contribution in [-0.4, -0.2) is 31.1 Å². The Bertz CT molecular complexity index is 765. The van der Waals surface area contributed by atoms with E-state index in [9.17, 15) is 4.39 Å². The highest BCUT2D eigenvalue weighted by Crippen LogP contribution is 2.48. The molecule has 0 bridgehead atoms. The van der Waals surface area contributed by atoms with Crippen LogP contribution >= 0.6 is 11.3 Å². The number of aryl methyl sites for hydroxylation is 2. The first kappa shape index (κ1) is 17.9. The maximum absolute atomic E-state index is 14.1. The van der Waals surface area contributed by atoms with Gasteiger partial charge in [0.05, 0.1) is 10.7 Å². The van der Waals surface area contributed by atoms with Gasteiger partial charge >= 0.3 is 0 Å². The predicted octanol–water partition coefficient (Wildman–Crippen LogP) is 3.34. The average Bonchev–Trinajstić information content (AvgIpc) is 3.31. The van der Waals surface area contributed by atoms with Crippen LogP contribution in [0.4, 0.5) is 4.39 Å². The number of nitrogens with one attached hydrogen (secondary N) is 2. The maximum Gasteiger partial charge on any atom is 0.191 e. The number of rotatable bonds is 6. The molecule has 6 heteroatoms. The van der Waals surface area contributed by atoms with Crippen LogP contribution in [0.5, 0.6) is 0 Å². The van der Waals surface area contributed by atoms with Crippen molar-refractivity contribution in [3.63, 3.8) is 0 Å². The van der Waals surface area contributed by atoms with E-state index in [1.54, 1.807) is 30.5 Å². The molecule has 0 spiro atoms. The van der Waals surface area contributed by atoms with E-state index < -0.39 is 0 Å². The molecule has 0 saturated heterocycles. The van der Waals surface area contributed by atoms with Crippen LogP contribution in [0.15, 0.2) is 29.3 Å². The van der Waals surface area contributed by atoms with Crippen molar-refractivity contribution >= 4 is 17.3 Å². The minimum atomic E-state index is -0.110. The Labute approximate surface area is 152 Å². The Balaban J connectivity index is 1.51. The molecule has 0 atom stereocenters. The van der Waals surface area contributed by atoms with E-state index in [4.69, 9.17) is 0 Å². The van der Waals surface area contributed by atoms with Gasteiger partial charge in [-0.2, -0.15) is 0 Å². The van der Waals surface area contributed by atoms with Crippen LogP contribution in [0.3, 0.4) is 0 Å². The van der Waals surface area contributed by atoms with E-state index in [0.717, 1.165) is 48.0 Å². The topological polar surface area (TPSA) is 49.3 Å². The minimum Gasteiger partial charge on any atom is -0.356 e. The van der Waals surface area contributed by atoms with E-state index in [2.05, 4.69) is 27.5 Å². The fraction of sp³-hybridized carbons (Fsp3) is 0.474.